The Morgan fingerprint density at radius 1 is 1.19 bits per heavy atom. The van der Waals surface area contributed by atoms with Gasteiger partial charge in [0.15, 0.2) is 5.82 Å². The standard InChI is InChI=1S/C21H24FN5O3S/c1-4-26(12-14-6-5-7-15(22)10-14)19(28)13-31-21-25-24-20(27(21)23)17-9-8-16(29-2)11-18(17)30-3/h5-11H,4,12-13,23H2,1-3H3. The maximum atomic E-state index is 13.4. The number of amides is 1. The van der Waals surface area contributed by atoms with Gasteiger partial charge in [0.2, 0.25) is 11.1 Å². The van der Waals surface area contributed by atoms with Gasteiger partial charge in [-0.2, -0.15) is 0 Å². The zero-order valence-electron chi connectivity index (χ0n) is 17.5. The van der Waals surface area contributed by atoms with E-state index in [1.807, 2.05) is 6.92 Å². The number of nitrogens with two attached hydrogens (primary N) is 1. The van der Waals surface area contributed by atoms with Crippen molar-refractivity contribution in [2.24, 2.45) is 0 Å². The van der Waals surface area contributed by atoms with Crippen LogP contribution < -0.4 is 15.3 Å². The van der Waals surface area contributed by atoms with Gasteiger partial charge in [0.1, 0.15) is 17.3 Å². The number of nitrogen functional groups attached to an aromatic ring is 1. The second kappa shape index (κ2) is 10.2. The second-order valence-electron chi connectivity index (χ2n) is 6.57. The molecule has 1 amide bonds. The third-order valence-electron chi connectivity index (χ3n) is 4.64. The highest BCUT2D eigenvalue weighted by Crippen LogP contribution is 2.33. The number of thioether (sulfide) groups is 1. The molecule has 1 aromatic heterocycles. The van der Waals surface area contributed by atoms with E-state index in [4.69, 9.17) is 15.3 Å². The summed E-state index contributed by atoms with van der Waals surface area (Å²) in [6, 6.07) is 11.5. The average Bonchev–Trinajstić information content (AvgIpc) is 3.15. The summed E-state index contributed by atoms with van der Waals surface area (Å²) in [5.74, 6) is 7.46. The van der Waals surface area contributed by atoms with Crippen molar-refractivity contribution in [1.29, 1.82) is 0 Å². The Labute approximate surface area is 184 Å². The smallest absolute Gasteiger partial charge is 0.233 e. The summed E-state index contributed by atoms with van der Waals surface area (Å²) in [5, 5.41) is 8.65. The number of aromatic nitrogens is 3. The van der Waals surface area contributed by atoms with Crippen LogP contribution in [0.1, 0.15) is 12.5 Å². The largest absolute Gasteiger partial charge is 0.497 e. The van der Waals surface area contributed by atoms with Crippen LogP contribution in [0.15, 0.2) is 47.6 Å². The Bertz CT molecular complexity index is 1060. The maximum Gasteiger partial charge on any atom is 0.233 e. The number of ether oxygens (including phenoxy) is 2. The van der Waals surface area contributed by atoms with Crippen LogP contribution in [-0.2, 0) is 11.3 Å². The molecular formula is C21H24FN5O3S. The van der Waals surface area contributed by atoms with Gasteiger partial charge in [-0.05, 0) is 36.8 Å². The average molecular weight is 446 g/mol. The Hall–Kier alpha value is -3.27. The molecule has 0 saturated heterocycles. The molecule has 0 spiro atoms. The molecule has 0 bridgehead atoms. The summed E-state index contributed by atoms with van der Waals surface area (Å²) in [4.78, 5) is 14.3. The maximum absolute atomic E-state index is 13.4. The zero-order chi connectivity index (χ0) is 22.4. The highest BCUT2D eigenvalue weighted by atomic mass is 32.2. The van der Waals surface area contributed by atoms with Crippen molar-refractivity contribution in [3.8, 4) is 22.9 Å². The Balaban J connectivity index is 1.70. The fraction of sp³-hybridized carbons (Fsp3) is 0.286. The first-order valence-electron chi connectivity index (χ1n) is 9.54. The monoisotopic (exact) mass is 445 g/mol. The summed E-state index contributed by atoms with van der Waals surface area (Å²) in [6.07, 6.45) is 0. The van der Waals surface area contributed by atoms with Crippen LogP contribution in [0.4, 0.5) is 4.39 Å². The van der Waals surface area contributed by atoms with E-state index >= 15 is 0 Å². The lowest BCUT2D eigenvalue weighted by Gasteiger charge is -2.20. The van der Waals surface area contributed by atoms with Gasteiger partial charge in [0.25, 0.3) is 0 Å². The van der Waals surface area contributed by atoms with E-state index < -0.39 is 0 Å². The van der Waals surface area contributed by atoms with Crippen LogP contribution in [0.25, 0.3) is 11.4 Å². The molecule has 0 aliphatic rings. The molecule has 0 fully saturated rings. The van der Waals surface area contributed by atoms with Gasteiger partial charge in [-0.1, -0.05) is 23.9 Å². The third-order valence-corrected chi connectivity index (χ3v) is 5.56. The first-order chi connectivity index (χ1) is 15.0. The molecule has 2 aromatic carbocycles. The number of carbonyl (C=O) groups is 1. The number of halogens is 1. The first kappa shape index (κ1) is 22.4. The molecule has 0 aliphatic carbocycles. The van der Waals surface area contributed by atoms with Crippen LogP contribution in [0.2, 0.25) is 0 Å². The summed E-state index contributed by atoms with van der Waals surface area (Å²) in [6.45, 7) is 2.71. The molecule has 2 N–H and O–H groups in total. The molecule has 164 valence electrons. The Morgan fingerprint density at radius 2 is 2.00 bits per heavy atom. The fourth-order valence-corrected chi connectivity index (χ4v) is 3.75. The highest BCUT2D eigenvalue weighted by molar-refractivity contribution is 7.99. The predicted octanol–water partition coefficient (Wildman–Crippen LogP) is 2.96. The fourth-order valence-electron chi connectivity index (χ4n) is 2.99. The van der Waals surface area contributed by atoms with Crippen molar-refractivity contribution in [2.75, 3.05) is 32.4 Å². The number of benzene rings is 2. The normalized spacial score (nSPS) is 10.7. The van der Waals surface area contributed by atoms with E-state index in [0.29, 0.717) is 41.1 Å². The molecule has 8 nitrogen and oxygen atoms in total. The lowest BCUT2D eigenvalue weighted by molar-refractivity contribution is -0.128. The molecule has 31 heavy (non-hydrogen) atoms. The number of rotatable bonds is 9. The van der Waals surface area contributed by atoms with Gasteiger partial charge in [-0.25, -0.2) is 9.07 Å². The predicted molar refractivity (Wildman–Crippen MR) is 117 cm³/mol. The van der Waals surface area contributed by atoms with Gasteiger partial charge in [0, 0.05) is 19.2 Å². The van der Waals surface area contributed by atoms with Crippen LogP contribution in [0, 0.1) is 5.82 Å². The molecule has 0 aliphatic heterocycles. The lowest BCUT2D eigenvalue weighted by Crippen LogP contribution is -2.32. The number of hydrogen-bond acceptors (Lipinski definition) is 7. The second-order valence-corrected chi connectivity index (χ2v) is 7.51. The molecule has 0 saturated carbocycles. The van der Waals surface area contributed by atoms with Crippen molar-refractivity contribution in [2.45, 2.75) is 18.6 Å². The van der Waals surface area contributed by atoms with Gasteiger partial charge in [-0.15, -0.1) is 10.2 Å². The van der Waals surface area contributed by atoms with E-state index in [0.717, 1.165) is 5.56 Å². The van der Waals surface area contributed by atoms with Crippen LogP contribution in [-0.4, -0.2) is 52.2 Å². The number of nitrogens with zero attached hydrogens (tertiary/aromatic N) is 4. The first-order valence-corrected chi connectivity index (χ1v) is 10.5. The summed E-state index contributed by atoms with van der Waals surface area (Å²) >= 11 is 1.18. The number of hydrogen-bond donors (Lipinski definition) is 1. The molecule has 0 radical (unpaired) electrons. The minimum Gasteiger partial charge on any atom is -0.497 e. The summed E-state index contributed by atoms with van der Waals surface area (Å²) in [7, 11) is 3.11. The molecule has 10 heteroatoms. The van der Waals surface area contributed by atoms with E-state index in [-0.39, 0.29) is 17.5 Å². The number of carbonyl (C=O) groups excluding carboxylic acids is 1. The topological polar surface area (TPSA) is 95.5 Å². The van der Waals surface area contributed by atoms with Crippen molar-refractivity contribution in [3.63, 3.8) is 0 Å². The highest BCUT2D eigenvalue weighted by Gasteiger charge is 2.19. The molecule has 1 heterocycles. The van der Waals surface area contributed by atoms with Gasteiger partial charge >= 0.3 is 0 Å². The Morgan fingerprint density at radius 3 is 2.68 bits per heavy atom. The van der Waals surface area contributed by atoms with E-state index in [1.165, 1.54) is 28.6 Å². The van der Waals surface area contributed by atoms with Crippen LogP contribution in [0.5, 0.6) is 11.5 Å². The molecule has 0 atom stereocenters. The quantitative estimate of drug-likeness (QED) is 0.400. The molecular weight excluding hydrogens is 421 g/mol. The van der Waals surface area contributed by atoms with Crippen molar-refractivity contribution >= 4 is 17.7 Å². The van der Waals surface area contributed by atoms with Crippen molar-refractivity contribution in [3.05, 3.63) is 53.8 Å². The minimum atomic E-state index is -0.326. The molecule has 3 aromatic rings. The Kier molecular flexibility index (Phi) is 7.35. The van der Waals surface area contributed by atoms with Crippen LogP contribution >= 0.6 is 11.8 Å². The summed E-state index contributed by atoms with van der Waals surface area (Å²) in [5.41, 5.74) is 1.38. The number of methoxy groups -OCH3 is 2. The van der Waals surface area contributed by atoms with Gasteiger partial charge in [-0.3, -0.25) is 4.79 Å². The zero-order valence-corrected chi connectivity index (χ0v) is 18.4. The van der Waals surface area contributed by atoms with Gasteiger partial charge in [0.05, 0.1) is 25.5 Å². The minimum absolute atomic E-state index is 0.108. The van der Waals surface area contributed by atoms with Crippen molar-refractivity contribution in [1.82, 2.24) is 19.8 Å². The van der Waals surface area contributed by atoms with Gasteiger partial charge < -0.3 is 20.2 Å². The van der Waals surface area contributed by atoms with Crippen LogP contribution in [0.3, 0.4) is 0 Å². The summed E-state index contributed by atoms with van der Waals surface area (Å²) < 4.78 is 25.4. The molecule has 3 rings (SSSR count). The lowest BCUT2D eigenvalue weighted by atomic mass is 10.2. The molecule has 0 unspecified atom stereocenters. The third kappa shape index (κ3) is 5.26. The van der Waals surface area contributed by atoms with E-state index in [2.05, 4.69) is 10.2 Å². The SMILES string of the molecule is CCN(Cc1cccc(F)c1)C(=O)CSc1nnc(-c2ccc(OC)cc2OC)n1N. The van der Waals surface area contributed by atoms with Crippen molar-refractivity contribution < 1.29 is 18.7 Å². The van der Waals surface area contributed by atoms with E-state index in [9.17, 15) is 9.18 Å². The van der Waals surface area contributed by atoms with E-state index in [1.54, 1.807) is 49.5 Å².